The summed E-state index contributed by atoms with van der Waals surface area (Å²) >= 11 is 6.00. The predicted molar refractivity (Wildman–Crippen MR) is 106 cm³/mol. The zero-order valence-electron chi connectivity index (χ0n) is 15.7. The van der Waals surface area contributed by atoms with Crippen LogP contribution in [0.15, 0.2) is 18.3 Å². The molecule has 10 heteroatoms. The van der Waals surface area contributed by atoms with E-state index in [2.05, 4.69) is 25.5 Å². The molecule has 156 valence electrons. The maximum Gasteiger partial charge on any atom is 0.308 e. The first-order valence-electron chi connectivity index (χ1n) is 9.77. The number of aromatic amines is 1. The number of carboxylic acid groups (broad SMARTS) is 1. The van der Waals surface area contributed by atoms with Crippen molar-refractivity contribution < 1.29 is 18.7 Å². The van der Waals surface area contributed by atoms with Crippen LogP contribution < -0.4 is 5.32 Å². The van der Waals surface area contributed by atoms with E-state index in [0.29, 0.717) is 16.1 Å². The van der Waals surface area contributed by atoms with Gasteiger partial charge in [-0.1, -0.05) is 11.6 Å². The fourth-order valence-electron chi connectivity index (χ4n) is 4.97. The van der Waals surface area contributed by atoms with Gasteiger partial charge in [0.2, 0.25) is 0 Å². The summed E-state index contributed by atoms with van der Waals surface area (Å²) < 4.78 is 29.2. The van der Waals surface area contributed by atoms with Gasteiger partial charge in [0.15, 0.2) is 23.1 Å². The maximum atomic E-state index is 14.6. The summed E-state index contributed by atoms with van der Waals surface area (Å²) in [6.07, 6.45) is 4.91. The molecule has 0 amide bonds. The molecule has 3 aromatic rings. The van der Waals surface area contributed by atoms with Crippen molar-refractivity contribution in [3.63, 3.8) is 0 Å². The number of rotatable bonds is 4. The minimum atomic E-state index is -0.898. The van der Waals surface area contributed by atoms with Crippen molar-refractivity contribution in [1.29, 1.82) is 0 Å². The first-order chi connectivity index (χ1) is 14.4. The second-order valence-corrected chi connectivity index (χ2v) is 8.42. The van der Waals surface area contributed by atoms with Crippen molar-refractivity contribution in [3.05, 3.63) is 35.0 Å². The number of anilines is 1. The summed E-state index contributed by atoms with van der Waals surface area (Å²) in [5.41, 5.74) is 0.406. The van der Waals surface area contributed by atoms with Crippen molar-refractivity contribution in [2.24, 2.45) is 17.8 Å². The van der Waals surface area contributed by atoms with Crippen LogP contribution in [0.5, 0.6) is 0 Å². The van der Waals surface area contributed by atoms with Gasteiger partial charge in [0.25, 0.3) is 0 Å². The lowest BCUT2D eigenvalue weighted by atomic mass is 9.61. The van der Waals surface area contributed by atoms with Gasteiger partial charge in [0, 0.05) is 23.7 Å². The Balaban J connectivity index is 1.55. The van der Waals surface area contributed by atoms with Gasteiger partial charge in [-0.2, -0.15) is 5.10 Å². The molecule has 0 saturated heterocycles. The van der Waals surface area contributed by atoms with Crippen LogP contribution in [0.4, 0.5) is 14.6 Å². The van der Waals surface area contributed by atoms with Gasteiger partial charge in [-0.05, 0) is 43.6 Å². The molecule has 0 radical (unpaired) electrons. The number of hydrogen-bond acceptors (Lipinski definition) is 5. The summed E-state index contributed by atoms with van der Waals surface area (Å²) in [4.78, 5) is 20.1. The van der Waals surface area contributed by atoms with Crippen molar-refractivity contribution in [2.45, 2.75) is 31.7 Å². The summed E-state index contributed by atoms with van der Waals surface area (Å²) in [6, 6.07) is 1.86. The molecule has 0 aliphatic heterocycles. The summed E-state index contributed by atoms with van der Waals surface area (Å²) in [5, 5.41) is 20.2. The lowest BCUT2D eigenvalue weighted by Crippen LogP contribution is -2.51. The number of nitrogens with one attached hydrogen (secondary N) is 2. The molecule has 6 rings (SSSR count). The van der Waals surface area contributed by atoms with Crippen molar-refractivity contribution in [2.75, 3.05) is 5.32 Å². The van der Waals surface area contributed by atoms with Gasteiger partial charge in [0.1, 0.15) is 5.69 Å². The highest BCUT2D eigenvalue weighted by molar-refractivity contribution is 6.31. The summed E-state index contributed by atoms with van der Waals surface area (Å²) in [6.45, 7) is 0. The topological polar surface area (TPSA) is 104 Å². The zero-order valence-corrected chi connectivity index (χ0v) is 16.5. The van der Waals surface area contributed by atoms with E-state index < -0.39 is 29.6 Å². The van der Waals surface area contributed by atoms with E-state index in [1.165, 1.54) is 6.20 Å². The van der Waals surface area contributed by atoms with Crippen molar-refractivity contribution in [3.8, 4) is 11.4 Å². The fourth-order valence-corrected chi connectivity index (χ4v) is 5.13. The number of carbonyl (C=O) groups is 1. The third-order valence-corrected chi connectivity index (χ3v) is 6.56. The van der Waals surface area contributed by atoms with Crippen LogP contribution in [0.2, 0.25) is 5.02 Å². The van der Waals surface area contributed by atoms with E-state index in [9.17, 15) is 18.7 Å². The lowest BCUT2D eigenvalue weighted by molar-refractivity contribution is -0.148. The first kappa shape index (κ1) is 19.2. The Kier molecular flexibility index (Phi) is 4.57. The van der Waals surface area contributed by atoms with E-state index in [1.807, 2.05) is 0 Å². The predicted octanol–water partition coefficient (Wildman–Crippen LogP) is 4.25. The largest absolute Gasteiger partial charge is 0.481 e. The Bertz CT molecular complexity index is 1150. The molecule has 2 atom stereocenters. The van der Waals surface area contributed by atoms with Crippen molar-refractivity contribution in [1.82, 2.24) is 20.2 Å². The van der Waals surface area contributed by atoms with Crippen LogP contribution in [-0.2, 0) is 4.79 Å². The third-order valence-electron chi connectivity index (χ3n) is 6.35. The molecule has 7 nitrogen and oxygen atoms in total. The maximum absolute atomic E-state index is 14.6. The van der Waals surface area contributed by atoms with Crippen molar-refractivity contribution >= 4 is 34.4 Å². The van der Waals surface area contributed by atoms with Gasteiger partial charge in [-0.25, -0.2) is 18.7 Å². The molecule has 0 aromatic carbocycles. The molecule has 3 aromatic heterocycles. The molecule has 3 aliphatic carbocycles. The molecule has 2 unspecified atom stereocenters. The van der Waals surface area contributed by atoms with Gasteiger partial charge in [-0.3, -0.25) is 9.89 Å². The standard InChI is InChI=1S/C20H18ClF2N5O2/c21-10-5-11-16(27-28-18(11)24-7-10)17-12(22)6-13(23)19(26-17)25-15-9-3-1-8(2-4-9)14(15)20(29)30/h5-9,14-15H,1-4H2,(H,25,26)(H,29,30)(H,24,27,28). The molecule has 0 spiro atoms. The highest BCUT2D eigenvalue weighted by Crippen LogP contribution is 2.46. The molecule has 30 heavy (non-hydrogen) atoms. The second kappa shape index (κ2) is 7.16. The summed E-state index contributed by atoms with van der Waals surface area (Å²) in [5.74, 6) is -3.27. The molecule has 3 fully saturated rings. The van der Waals surface area contributed by atoms with Gasteiger partial charge < -0.3 is 10.4 Å². The van der Waals surface area contributed by atoms with E-state index in [-0.39, 0.29) is 29.0 Å². The van der Waals surface area contributed by atoms with Crippen LogP contribution in [0.3, 0.4) is 0 Å². The first-order valence-corrected chi connectivity index (χ1v) is 10.2. The average Bonchev–Trinajstić information content (AvgIpc) is 3.13. The number of pyridine rings is 2. The zero-order chi connectivity index (χ0) is 21.0. The Morgan fingerprint density at radius 1 is 1.17 bits per heavy atom. The number of nitrogens with zero attached hydrogens (tertiary/aromatic N) is 3. The quantitative estimate of drug-likeness (QED) is 0.568. The molecule has 3 N–H and O–H groups in total. The number of aliphatic carboxylic acids is 1. The third kappa shape index (κ3) is 3.08. The highest BCUT2D eigenvalue weighted by Gasteiger charge is 2.47. The number of halogens is 3. The number of fused-ring (bicyclic) bond motifs is 4. The molecule has 3 aliphatic rings. The lowest BCUT2D eigenvalue weighted by Gasteiger charge is -2.47. The Labute approximate surface area is 174 Å². The van der Waals surface area contributed by atoms with Gasteiger partial charge in [-0.15, -0.1) is 0 Å². The molecule has 3 saturated carbocycles. The average molecular weight is 434 g/mol. The summed E-state index contributed by atoms with van der Waals surface area (Å²) in [7, 11) is 0. The number of carboxylic acids is 1. The smallest absolute Gasteiger partial charge is 0.308 e. The monoisotopic (exact) mass is 433 g/mol. The van der Waals surface area contributed by atoms with E-state index >= 15 is 0 Å². The van der Waals surface area contributed by atoms with E-state index in [4.69, 9.17) is 11.6 Å². The Morgan fingerprint density at radius 3 is 2.63 bits per heavy atom. The van der Waals surface area contributed by atoms with Crippen LogP contribution >= 0.6 is 11.6 Å². The second-order valence-electron chi connectivity index (χ2n) is 7.98. The molecule has 2 bridgehead atoms. The molecular formula is C20H18ClF2N5O2. The van der Waals surface area contributed by atoms with Crippen LogP contribution in [0.25, 0.3) is 22.4 Å². The van der Waals surface area contributed by atoms with Gasteiger partial charge >= 0.3 is 5.97 Å². The molecule has 3 heterocycles. The number of aromatic nitrogens is 4. The number of H-pyrrole nitrogens is 1. The fraction of sp³-hybridized carbons (Fsp3) is 0.400. The van der Waals surface area contributed by atoms with E-state index in [1.54, 1.807) is 6.07 Å². The normalized spacial score (nSPS) is 25.6. The minimum absolute atomic E-state index is 0.0535. The van der Waals surface area contributed by atoms with E-state index in [0.717, 1.165) is 31.7 Å². The van der Waals surface area contributed by atoms with Gasteiger partial charge in [0.05, 0.1) is 16.6 Å². The Morgan fingerprint density at radius 2 is 1.90 bits per heavy atom. The SMILES string of the molecule is O=C(O)C1C2CCC(CC2)C1Nc1nc(-c2[nH]nc3ncc(Cl)cc23)c(F)cc1F. The Hall–Kier alpha value is -2.81. The highest BCUT2D eigenvalue weighted by atomic mass is 35.5. The molecular weight excluding hydrogens is 416 g/mol. The number of hydrogen-bond donors (Lipinski definition) is 3. The van der Waals surface area contributed by atoms with Crippen LogP contribution in [-0.4, -0.2) is 37.3 Å². The minimum Gasteiger partial charge on any atom is -0.481 e. The van der Waals surface area contributed by atoms with Crippen LogP contribution in [0.1, 0.15) is 25.7 Å². The van der Waals surface area contributed by atoms with Crippen LogP contribution in [0, 0.1) is 29.4 Å².